The number of benzene rings is 2. The van der Waals surface area contributed by atoms with Crippen LogP contribution in [-0.2, 0) is 42.7 Å². The van der Waals surface area contributed by atoms with E-state index in [1.807, 2.05) is 41.3 Å². The van der Waals surface area contributed by atoms with Gasteiger partial charge in [0.1, 0.15) is 41.0 Å². The number of carbonyl (C=O) groups excluding carboxylic acids is 6. The van der Waals surface area contributed by atoms with Crippen LogP contribution >= 0.6 is 0 Å². The van der Waals surface area contributed by atoms with Crippen LogP contribution in [0.25, 0.3) is 33.4 Å². The summed E-state index contributed by atoms with van der Waals surface area (Å²) in [5.41, 5.74) is 0.854. The number of fused-ring (bicyclic) bond motifs is 8. The number of morpholine rings is 2. The van der Waals surface area contributed by atoms with Crippen molar-refractivity contribution in [1.82, 2.24) is 97.3 Å². The van der Waals surface area contributed by atoms with Gasteiger partial charge in [-0.3, -0.25) is 76.8 Å². The molecule has 10 aliphatic heterocycles. The summed E-state index contributed by atoms with van der Waals surface area (Å²) in [5, 5.41) is 28.0. The molecule has 2 aliphatic carbocycles. The number of piperazine rings is 2. The van der Waals surface area contributed by atoms with Crippen molar-refractivity contribution < 1.29 is 64.6 Å². The number of imidazole rings is 2. The van der Waals surface area contributed by atoms with Gasteiger partial charge in [-0.15, -0.1) is 0 Å². The Kier molecular flexibility index (Phi) is 21.8. The summed E-state index contributed by atoms with van der Waals surface area (Å²) in [7, 11) is 3.32. The van der Waals surface area contributed by atoms with E-state index in [2.05, 4.69) is 76.0 Å². The Hall–Kier alpha value is -11.6. The Labute approximate surface area is 746 Å². The minimum atomic E-state index is -3.07. The highest BCUT2D eigenvalue weighted by molar-refractivity contribution is 6.09. The van der Waals surface area contributed by atoms with Gasteiger partial charge in [0, 0.05) is 149 Å². The van der Waals surface area contributed by atoms with E-state index >= 15 is 26.3 Å². The van der Waals surface area contributed by atoms with Gasteiger partial charge < -0.3 is 49.5 Å². The summed E-state index contributed by atoms with van der Waals surface area (Å²) in [6.45, 7) is 9.49. The molecule has 22 rings (SSSR count). The second-order valence-electron chi connectivity index (χ2n) is 38.2. The number of imide groups is 2. The maximum atomic E-state index is 17.3. The van der Waals surface area contributed by atoms with Crippen LogP contribution in [0.1, 0.15) is 159 Å². The first kappa shape index (κ1) is 84.9. The fraction of sp³-hybridized carbons (Fsp3) is 0.573. The van der Waals surface area contributed by atoms with Gasteiger partial charge in [-0.2, -0.15) is 20.4 Å². The zero-order valence-corrected chi connectivity index (χ0v) is 72.6. The van der Waals surface area contributed by atoms with Gasteiger partial charge in [-0.05, 0) is 138 Å². The van der Waals surface area contributed by atoms with E-state index in [0.717, 1.165) is 44.6 Å². The number of nitrogens with zero attached hydrogens (tertiary/aromatic N) is 22. The molecule has 692 valence electrons. The van der Waals surface area contributed by atoms with Crippen molar-refractivity contribution >= 4 is 103 Å². The number of hydrogen-bond donors (Lipinski definition) is 4. The quantitative estimate of drug-likeness (QED) is 0.0410. The van der Waals surface area contributed by atoms with Crippen molar-refractivity contribution in [3.8, 4) is 0 Å². The number of likely N-dealkylation sites (tertiary alicyclic amines) is 1. The zero-order chi connectivity index (χ0) is 89.8. The summed E-state index contributed by atoms with van der Waals surface area (Å²) in [4.78, 5) is 134. The Balaban J connectivity index is 0.456. The normalized spacial score (nSPS) is 28.2. The number of halogens is 6. The Morgan fingerprint density at radius 2 is 1.12 bits per heavy atom. The van der Waals surface area contributed by atoms with E-state index in [0.29, 0.717) is 162 Å². The van der Waals surface area contributed by atoms with Crippen LogP contribution in [0.15, 0.2) is 95.3 Å². The Morgan fingerprint density at radius 3 is 1.67 bits per heavy atom. The van der Waals surface area contributed by atoms with Crippen molar-refractivity contribution in [3.63, 3.8) is 0 Å². The number of ether oxygens (including phenoxy) is 2. The van der Waals surface area contributed by atoms with Crippen LogP contribution in [0.3, 0.4) is 0 Å². The highest BCUT2D eigenvalue weighted by atomic mass is 19.3. The van der Waals surface area contributed by atoms with Crippen molar-refractivity contribution in [2.45, 2.75) is 175 Å². The summed E-state index contributed by atoms with van der Waals surface area (Å²) in [6.07, 6.45) is 8.43. The lowest BCUT2D eigenvalue weighted by Gasteiger charge is -2.49. The second kappa shape index (κ2) is 33.6. The highest BCUT2D eigenvalue weighted by Gasteiger charge is 2.54. The maximum Gasteiger partial charge on any atom is 0.329 e. The van der Waals surface area contributed by atoms with E-state index in [1.54, 1.807) is 52.6 Å². The van der Waals surface area contributed by atoms with Crippen LogP contribution in [-0.4, -0.2) is 288 Å². The smallest absolute Gasteiger partial charge is 0.329 e. The first-order chi connectivity index (χ1) is 63.3. The average Bonchev–Trinajstić information content (AvgIpc) is 1.74. The van der Waals surface area contributed by atoms with Crippen LogP contribution in [0.4, 0.5) is 60.7 Å². The third-order valence-electron chi connectivity index (χ3n) is 30.4. The number of carbonyl (C=O) groups is 6. The molecule has 4 bridgehead atoms. The molecule has 4 N–H and O–H groups in total. The Morgan fingerprint density at radius 1 is 0.565 bits per heavy atom. The molecule has 42 heteroatoms. The molecule has 0 spiro atoms. The molecule has 12 aliphatic rings. The van der Waals surface area contributed by atoms with E-state index in [9.17, 15) is 38.4 Å². The number of para-hydroxylation sites is 2. The van der Waals surface area contributed by atoms with Crippen molar-refractivity contribution in [2.24, 2.45) is 31.8 Å². The number of aromatic nitrogens is 14. The molecule has 131 heavy (non-hydrogen) atoms. The summed E-state index contributed by atoms with van der Waals surface area (Å²) in [6, 6.07) is 11.9. The molecular weight excluding hydrogens is 1710 g/mol. The maximum absolute atomic E-state index is 17.3. The lowest BCUT2D eigenvalue weighted by atomic mass is 9.72. The highest BCUT2D eigenvalue weighted by Crippen LogP contribution is 2.50. The fourth-order valence-corrected chi connectivity index (χ4v) is 23.8. The van der Waals surface area contributed by atoms with Gasteiger partial charge >= 0.3 is 11.4 Å². The van der Waals surface area contributed by atoms with E-state index < -0.39 is 83.9 Å². The first-order valence-electron chi connectivity index (χ1n) is 46.0. The molecule has 4 unspecified atom stereocenters. The minimum absolute atomic E-state index is 0.0388. The molecule has 10 saturated heterocycles. The summed E-state index contributed by atoms with van der Waals surface area (Å²) in [5.74, 6) is -1.98. The van der Waals surface area contributed by atoms with Crippen molar-refractivity contribution in [3.05, 3.63) is 129 Å². The molecule has 36 nitrogen and oxygen atoms in total. The number of alkyl halides is 6. The topological polar surface area (TPSA) is 345 Å². The third-order valence-corrected chi connectivity index (χ3v) is 30.4. The third kappa shape index (κ3) is 15.4. The zero-order valence-electron chi connectivity index (χ0n) is 72.6. The van der Waals surface area contributed by atoms with Gasteiger partial charge in [-0.25, -0.2) is 54.9 Å². The number of piperidine rings is 3. The summed E-state index contributed by atoms with van der Waals surface area (Å²) >= 11 is 0. The van der Waals surface area contributed by atoms with Crippen molar-refractivity contribution in [1.29, 1.82) is 0 Å². The fourth-order valence-electron chi connectivity index (χ4n) is 23.8. The number of rotatable bonds is 22. The summed E-state index contributed by atoms with van der Waals surface area (Å²) < 4.78 is 120. The molecule has 0 radical (unpaired) electrons. The van der Waals surface area contributed by atoms with E-state index in [-0.39, 0.29) is 157 Å². The molecular formula is C89H104F6N26O10. The van der Waals surface area contributed by atoms with Crippen molar-refractivity contribution in [2.75, 3.05) is 148 Å². The molecule has 12 fully saturated rings. The number of nitrogens with one attached hydrogen (secondary N) is 4. The van der Waals surface area contributed by atoms with Gasteiger partial charge in [0.05, 0.1) is 119 Å². The lowest BCUT2D eigenvalue weighted by molar-refractivity contribution is -0.137. The SMILES string of the molecule is Cn1c(=O)n(C2CCC(=O)NC2=O)c2cccc(N3CCN([C@@H]4CCN(C[C@H]5CC[C@H](n6cc(NC(=O)c7cnn8ccc(N9C[C@H]%10C[C@@H]9CO%10)nc78)c(C(F)F)n6)CC5C5O[C@@H]6C[C@H]5N(c5ccn7ncc(C(=O)Nc8cn([C@H]9CC[C@H](CN%10CCN(CC%11(F)CN(c%12cccc%13c%12n(C)c(=O)n%13C%12CCC(=O)NC%12=O)C%11)CC%10)CC9)nc8C(F)F)c7n5)C6)C[C@@H]4F)CC3)c21. The number of hydrogen-bond acceptors (Lipinski definition) is 24. The first-order valence-corrected chi connectivity index (χ1v) is 46.0. The average molecular weight is 1810 g/mol. The molecule has 12 atom stereocenters. The minimum Gasteiger partial charge on any atom is -0.374 e. The number of aryl methyl sites for hydroxylation is 2. The van der Waals surface area contributed by atoms with Gasteiger partial charge in [0.25, 0.3) is 24.7 Å². The van der Waals surface area contributed by atoms with E-state index in [1.165, 1.54) is 47.5 Å². The van der Waals surface area contributed by atoms with E-state index in [4.69, 9.17) is 19.4 Å². The second-order valence-corrected chi connectivity index (χ2v) is 38.2. The van der Waals surface area contributed by atoms with Gasteiger partial charge in [0.15, 0.2) is 28.4 Å². The van der Waals surface area contributed by atoms with Crippen LogP contribution < -0.4 is 52.2 Å². The molecule has 10 aromatic rings. The largest absolute Gasteiger partial charge is 0.374 e. The van der Waals surface area contributed by atoms with Gasteiger partial charge in [-0.1, -0.05) is 12.1 Å². The molecule has 2 aromatic carbocycles. The molecule has 6 amide bonds. The van der Waals surface area contributed by atoms with Crippen LogP contribution in [0, 0.1) is 17.8 Å². The van der Waals surface area contributed by atoms with Crippen LogP contribution in [0.2, 0.25) is 0 Å². The monoisotopic (exact) mass is 1810 g/mol. The predicted octanol–water partition coefficient (Wildman–Crippen LogP) is 6.60. The number of anilines is 6. The van der Waals surface area contributed by atoms with Crippen LogP contribution in [0.5, 0.6) is 0 Å². The lowest BCUT2D eigenvalue weighted by Crippen LogP contribution is -2.65. The molecule has 8 aromatic heterocycles. The standard InChI is InChI=1S/C89H104F6N26O10/c1-106-76-63(5-3-7-65(76)120(87(106)128)67-15-17-72(122)102-85(67)126)112-31-29-111(30-32-112)62-19-22-110(42-59(62)90)39-50-11-14-52(119-44-61(75(105-119)80(93)94)99-83(124)57-36-96-116-23-20-70(100-81(57)116)114-40-54-33-53(114)45-130-54)34-56(50)78-69-35-55(131-78)41-115(69)71-21-24-117-82(101-71)58(37-97-117)84(125)98-60-43-118(104-74(60)79(91)92)51-12-9-49(10-13-51)38-108-25-27-109(28-26-108)46-89(95)47-113(48-89)64-6-4-8-66-77(64)107(2)88(129)121(66)68-16-18-73(123)103-86(68)127/h3-8,20-21,23-24,36-37,43-44,49-56,59,62,67-69,78-80H,9-19,22,25-35,38-42,45-48H2,1-2H3,(H,98,125)(H,99,124)(H,102,122,126)(H,103,123,127)/t49-,50-,51-,52+,53-,54-,55-,56?,59+,62-,67?,68?,69-,78?/m1/s1. The number of amides is 6. The molecule has 18 heterocycles. The van der Waals surface area contributed by atoms with Gasteiger partial charge in [0.2, 0.25) is 23.6 Å². The molecule has 2 saturated carbocycles. The predicted molar refractivity (Wildman–Crippen MR) is 467 cm³/mol. The Bertz CT molecular complexity index is 6290.